The Labute approximate surface area is 150 Å². The highest BCUT2D eigenvalue weighted by Crippen LogP contribution is 2.47. The quantitative estimate of drug-likeness (QED) is 0.623. The van der Waals surface area contributed by atoms with Crippen molar-refractivity contribution in [1.82, 2.24) is 4.90 Å². The number of rotatable bonds is 3. The number of nitrogens with one attached hydrogen (secondary N) is 1. The van der Waals surface area contributed by atoms with Crippen LogP contribution in [-0.4, -0.2) is 45.0 Å². The molecule has 2 aliphatic rings. The normalized spacial score (nSPS) is 24.0. The van der Waals surface area contributed by atoms with Gasteiger partial charge in [-0.05, 0) is 26.3 Å². The zero-order chi connectivity index (χ0) is 19.2. The Hall–Kier alpha value is -2.68. The van der Waals surface area contributed by atoms with Crippen LogP contribution in [0.25, 0.3) is 0 Å². The minimum atomic E-state index is -1.04. The number of hydrogen-bond acceptors (Lipinski definition) is 6. The summed E-state index contributed by atoms with van der Waals surface area (Å²) < 4.78 is 5.80. The molecule has 2 heterocycles. The van der Waals surface area contributed by atoms with E-state index in [1.165, 1.54) is 19.1 Å². The molecule has 140 valence electrons. The first-order valence-electron chi connectivity index (χ1n) is 8.38. The molecular formula is C17H21N3O6. The van der Waals surface area contributed by atoms with Gasteiger partial charge < -0.3 is 20.1 Å². The molecule has 1 aromatic carbocycles. The third-order valence-corrected chi connectivity index (χ3v) is 4.78. The molecule has 2 aliphatic heterocycles. The first kappa shape index (κ1) is 18.1. The summed E-state index contributed by atoms with van der Waals surface area (Å²) in [6.07, 6.45) is 0.0546. The van der Waals surface area contributed by atoms with Gasteiger partial charge >= 0.3 is 0 Å². The summed E-state index contributed by atoms with van der Waals surface area (Å²) in [5.41, 5.74) is -0.892. The van der Waals surface area contributed by atoms with Gasteiger partial charge in [0, 0.05) is 25.5 Å². The summed E-state index contributed by atoms with van der Waals surface area (Å²) in [4.78, 5) is 36.1. The Bertz CT molecular complexity index is 791. The highest BCUT2D eigenvalue weighted by atomic mass is 16.6. The number of carbonyl (C=O) groups excluding carboxylic acids is 2. The largest absolute Gasteiger partial charge is 0.484 e. The van der Waals surface area contributed by atoms with Crippen LogP contribution in [0, 0.1) is 10.1 Å². The SMILES string of the molecule is CC(=O)Nc1cc2c(cc1[N+](=O)[O-])OC(C)(C)[C@H](O)[C@H]2N1CCCC1=O. The van der Waals surface area contributed by atoms with Gasteiger partial charge in [-0.15, -0.1) is 0 Å². The molecule has 2 amide bonds. The van der Waals surface area contributed by atoms with Crippen molar-refractivity contribution < 1.29 is 24.4 Å². The number of hydrogen-bond donors (Lipinski definition) is 2. The molecule has 26 heavy (non-hydrogen) atoms. The molecule has 0 radical (unpaired) electrons. The van der Waals surface area contributed by atoms with Gasteiger partial charge in [0.15, 0.2) is 0 Å². The standard InChI is InChI=1S/C17H21N3O6/c1-9(21)18-11-7-10-13(8-12(11)20(24)25)26-17(2,3)16(23)15(10)19-6-4-5-14(19)22/h7-8,15-16,23H,4-6H2,1-3H3,(H,18,21)/t15-,16+/m0/s1. The van der Waals surface area contributed by atoms with Crippen LogP contribution in [0.1, 0.15) is 45.2 Å². The molecule has 3 rings (SSSR count). The number of nitro groups is 1. The zero-order valence-electron chi connectivity index (χ0n) is 14.8. The minimum Gasteiger partial charge on any atom is -0.484 e. The minimum absolute atomic E-state index is 0.00778. The van der Waals surface area contributed by atoms with Crippen molar-refractivity contribution in [1.29, 1.82) is 0 Å². The van der Waals surface area contributed by atoms with E-state index in [4.69, 9.17) is 4.74 Å². The number of fused-ring (bicyclic) bond motifs is 1. The number of nitro benzene ring substituents is 1. The maximum absolute atomic E-state index is 12.3. The molecule has 0 spiro atoms. The molecular weight excluding hydrogens is 342 g/mol. The van der Waals surface area contributed by atoms with Crippen LogP contribution in [0.5, 0.6) is 5.75 Å². The topological polar surface area (TPSA) is 122 Å². The van der Waals surface area contributed by atoms with Gasteiger partial charge in [-0.2, -0.15) is 0 Å². The third kappa shape index (κ3) is 2.98. The Kier molecular flexibility index (Phi) is 4.35. The Morgan fingerprint density at radius 2 is 2.15 bits per heavy atom. The molecule has 1 fully saturated rings. The van der Waals surface area contributed by atoms with Crippen molar-refractivity contribution in [2.24, 2.45) is 0 Å². The summed E-state index contributed by atoms with van der Waals surface area (Å²) in [7, 11) is 0. The predicted molar refractivity (Wildman–Crippen MR) is 91.8 cm³/mol. The van der Waals surface area contributed by atoms with E-state index in [9.17, 15) is 24.8 Å². The maximum Gasteiger partial charge on any atom is 0.296 e. The fraction of sp³-hybridized carbons (Fsp3) is 0.529. The number of benzene rings is 1. The number of nitrogens with zero attached hydrogens (tertiary/aromatic N) is 2. The predicted octanol–water partition coefficient (Wildman–Crippen LogP) is 1.75. The summed E-state index contributed by atoms with van der Waals surface area (Å²) in [6, 6.07) is 1.96. The van der Waals surface area contributed by atoms with Gasteiger partial charge in [0.05, 0.1) is 17.0 Å². The molecule has 0 aromatic heterocycles. The molecule has 0 saturated carbocycles. The second-order valence-corrected chi connectivity index (χ2v) is 7.13. The van der Waals surface area contributed by atoms with Crippen molar-refractivity contribution in [3.8, 4) is 5.75 Å². The van der Waals surface area contributed by atoms with Crippen molar-refractivity contribution in [2.45, 2.75) is 51.4 Å². The van der Waals surface area contributed by atoms with Crippen LogP contribution in [0.2, 0.25) is 0 Å². The number of ether oxygens (including phenoxy) is 1. The van der Waals surface area contributed by atoms with Crippen LogP contribution in [0.15, 0.2) is 12.1 Å². The lowest BCUT2D eigenvalue weighted by molar-refractivity contribution is -0.384. The highest BCUT2D eigenvalue weighted by molar-refractivity contribution is 5.92. The fourth-order valence-electron chi connectivity index (χ4n) is 3.54. The summed E-state index contributed by atoms with van der Waals surface area (Å²) in [5, 5.41) is 24.7. The molecule has 9 heteroatoms. The summed E-state index contributed by atoms with van der Waals surface area (Å²) >= 11 is 0. The number of anilines is 1. The van der Waals surface area contributed by atoms with E-state index >= 15 is 0 Å². The lowest BCUT2D eigenvalue weighted by atomic mass is 9.85. The third-order valence-electron chi connectivity index (χ3n) is 4.78. The van der Waals surface area contributed by atoms with E-state index in [1.807, 2.05) is 0 Å². The van der Waals surface area contributed by atoms with E-state index in [-0.39, 0.29) is 23.0 Å². The van der Waals surface area contributed by atoms with Gasteiger partial charge in [0.1, 0.15) is 23.1 Å². The van der Waals surface area contributed by atoms with Crippen molar-refractivity contribution >= 4 is 23.2 Å². The average molecular weight is 363 g/mol. The van der Waals surface area contributed by atoms with E-state index in [2.05, 4.69) is 5.32 Å². The summed E-state index contributed by atoms with van der Waals surface area (Å²) in [5.74, 6) is -0.317. The average Bonchev–Trinajstić information content (AvgIpc) is 2.93. The van der Waals surface area contributed by atoms with E-state index < -0.39 is 28.6 Å². The first-order chi connectivity index (χ1) is 12.1. The number of aliphatic hydroxyl groups excluding tert-OH is 1. The first-order valence-corrected chi connectivity index (χ1v) is 8.38. The fourth-order valence-corrected chi connectivity index (χ4v) is 3.54. The van der Waals surface area contributed by atoms with Gasteiger partial charge in [0.2, 0.25) is 11.8 Å². The monoisotopic (exact) mass is 363 g/mol. The lowest BCUT2D eigenvalue weighted by Crippen LogP contribution is -2.53. The highest BCUT2D eigenvalue weighted by Gasteiger charge is 2.48. The number of likely N-dealkylation sites (tertiary alicyclic amines) is 1. The smallest absolute Gasteiger partial charge is 0.296 e. The van der Waals surface area contributed by atoms with Crippen molar-refractivity contribution in [3.05, 3.63) is 27.8 Å². The number of aliphatic hydroxyl groups is 1. The van der Waals surface area contributed by atoms with E-state index in [0.29, 0.717) is 24.9 Å². The van der Waals surface area contributed by atoms with Crippen LogP contribution in [0.4, 0.5) is 11.4 Å². The number of amides is 2. The second-order valence-electron chi connectivity index (χ2n) is 7.13. The summed E-state index contributed by atoms with van der Waals surface area (Å²) in [6.45, 7) is 5.07. The molecule has 9 nitrogen and oxygen atoms in total. The van der Waals surface area contributed by atoms with Gasteiger partial charge in [-0.1, -0.05) is 0 Å². The molecule has 0 bridgehead atoms. The van der Waals surface area contributed by atoms with Crippen LogP contribution < -0.4 is 10.1 Å². The van der Waals surface area contributed by atoms with Gasteiger partial charge in [0.25, 0.3) is 5.69 Å². The molecule has 2 N–H and O–H groups in total. The van der Waals surface area contributed by atoms with Gasteiger partial charge in [-0.3, -0.25) is 19.7 Å². The lowest BCUT2D eigenvalue weighted by Gasteiger charge is -2.45. The molecule has 0 aliphatic carbocycles. The van der Waals surface area contributed by atoms with E-state index in [0.717, 1.165) is 0 Å². The van der Waals surface area contributed by atoms with Crippen molar-refractivity contribution in [2.75, 3.05) is 11.9 Å². The Morgan fingerprint density at radius 1 is 1.46 bits per heavy atom. The van der Waals surface area contributed by atoms with Crippen LogP contribution >= 0.6 is 0 Å². The second kappa shape index (κ2) is 6.24. The molecule has 0 unspecified atom stereocenters. The van der Waals surface area contributed by atoms with Crippen LogP contribution in [-0.2, 0) is 9.59 Å². The Morgan fingerprint density at radius 3 is 2.69 bits per heavy atom. The maximum atomic E-state index is 12.3. The molecule has 1 aromatic rings. The van der Waals surface area contributed by atoms with Gasteiger partial charge in [-0.25, -0.2) is 0 Å². The van der Waals surface area contributed by atoms with Crippen molar-refractivity contribution in [3.63, 3.8) is 0 Å². The zero-order valence-corrected chi connectivity index (χ0v) is 14.8. The molecule has 2 atom stereocenters. The van der Waals surface area contributed by atoms with Crippen LogP contribution in [0.3, 0.4) is 0 Å². The number of carbonyl (C=O) groups is 2. The Balaban J connectivity index is 2.18. The van der Waals surface area contributed by atoms with E-state index in [1.54, 1.807) is 18.7 Å². The molecule has 1 saturated heterocycles.